The van der Waals surface area contributed by atoms with Gasteiger partial charge in [-0.3, -0.25) is 0 Å². The molecule has 0 atom stereocenters. The summed E-state index contributed by atoms with van der Waals surface area (Å²) < 4.78 is 5.07. The maximum absolute atomic E-state index is 9.96. The van der Waals surface area contributed by atoms with Crippen molar-refractivity contribution in [3.05, 3.63) is 23.8 Å². The van der Waals surface area contributed by atoms with Crippen molar-refractivity contribution in [1.82, 2.24) is 4.90 Å². The Labute approximate surface area is 113 Å². The third-order valence-electron chi connectivity index (χ3n) is 3.39. The van der Waals surface area contributed by atoms with E-state index >= 15 is 0 Å². The van der Waals surface area contributed by atoms with Gasteiger partial charge in [0, 0.05) is 18.7 Å². The number of phenolic OH excluding ortho intramolecular Hbond substituents is 1. The average molecular weight is 263 g/mol. The lowest BCUT2D eigenvalue weighted by molar-refractivity contribution is 0.338. The van der Waals surface area contributed by atoms with E-state index in [1.165, 1.54) is 26.4 Å². The number of rotatable bonds is 3. The van der Waals surface area contributed by atoms with Gasteiger partial charge in [0.2, 0.25) is 0 Å². The zero-order valence-corrected chi connectivity index (χ0v) is 11.3. The number of guanidine groups is 1. The summed E-state index contributed by atoms with van der Waals surface area (Å²) >= 11 is 0. The van der Waals surface area contributed by atoms with Crippen LogP contribution in [0.3, 0.4) is 0 Å². The fraction of sp³-hybridized carbons (Fsp3) is 0.500. The summed E-state index contributed by atoms with van der Waals surface area (Å²) in [7, 11) is 1.53. The molecule has 0 spiro atoms. The van der Waals surface area contributed by atoms with Crippen molar-refractivity contribution in [2.75, 3.05) is 20.2 Å². The second kappa shape index (κ2) is 6.31. The predicted octanol–water partition coefficient (Wildman–Crippen LogP) is 1.70. The fourth-order valence-electron chi connectivity index (χ4n) is 2.25. The number of methoxy groups -OCH3 is 1. The van der Waals surface area contributed by atoms with Crippen LogP contribution in [0.15, 0.2) is 23.2 Å². The van der Waals surface area contributed by atoms with Gasteiger partial charge in [-0.05, 0) is 25.3 Å². The van der Waals surface area contributed by atoms with Gasteiger partial charge in [0.25, 0.3) is 0 Å². The Morgan fingerprint density at radius 2 is 2.11 bits per heavy atom. The quantitative estimate of drug-likeness (QED) is 0.643. The number of phenols is 1. The third-order valence-corrected chi connectivity index (χ3v) is 3.39. The maximum Gasteiger partial charge on any atom is 0.191 e. The lowest BCUT2D eigenvalue weighted by Gasteiger charge is -2.27. The Morgan fingerprint density at radius 1 is 1.37 bits per heavy atom. The Balaban J connectivity index is 2.04. The number of ether oxygens (including phenoxy) is 1. The molecule has 0 aliphatic carbocycles. The van der Waals surface area contributed by atoms with Crippen LogP contribution < -0.4 is 10.5 Å². The first-order valence-electron chi connectivity index (χ1n) is 6.62. The third kappa shape index (κ3) is 3.30. The molecule has 0 radical (unpaired) electrons. The van der Waals surface area contributed by atoms with Crippen LogP contribution >= 0.6 is 0 Å². The first-order chi connectivity index (χ1) is 9.22. The van der Waals surface area contributed by atoms with Crippen molar-refractivity contribution < 1.29 is 9.84 Å². The minimum atomic E-state index is 0.139. The molecule has 0 saturated carbocycles. The molecule has 2 rings (SSSR count). The molecule has 5 nitrogen and oxygen atoms in total. The van der Waals surface area contributed by atoms with Gasteiger partial charge in [0.15, 0.2) is 17.5 Å². The second-order valence-corrected chi connectivity index (χ2v) is 4.69. The molecular formula is C14H21N3O2. The summed E-state index contributed by atoms with van der Waals surface area (Å²) in [4.78, 5) is 6.46. The van der Waals surface area contributed by atoms with E-state index in [1.54, 1.807) is 6.07 Å². The van der Waals surface area contributed by atoms with E-state index in [0.717, 1.165) is 18.7 Å². The topological polar surface area (TPSA) is 71.1 Å². The van der Waals surface area contributed by atoms with Gasteiger partial charge in [-0.25, -0.2) is 4.99 Å². The Kier molecular flexibility index (Phi) is 4.49. The van der Waals surface area contributed by atoms with Crippen LogP contribution in [0.4, 0.5) is 0 Å². The van der Waals surface area contributed by atoms with Gasteiger partial charge < -0.3 is 20.5 Å². The largest absolute Gasteiger partial charge is 0.504 e. The lowest BCUT2D eigenvalue weighted by Crippen LogP contribution is -2.40. The van der Waals surface area contributed by atoms with Gasteiger partial charge >= 0.3 is 0 Å². The standard InChI is InChI=1S/C14H21N3O2/c1-19-12-7-5-6-11(13(12)18)10-16-14(15)17-8-3-2-4-9-17/h5-7,18H,2-4,8-10H2,1H3,(H2,15,16). The van der Waals surface area contributed by atoms with E-state index in [0.29, 0.717) is 18.3 Å². The highest BCUT2D eigenvalue weighted by molar-refractivity contribution is 5.78. The van der Waals surface area contributed by atoms with Crippen LogP contribution in [0.5, 0.6) is 11.5 Å². The molecule has 0 bridgehead atoms. The maximum atomic E-state index is 9.96. The van der Waals surface area contributed by atoms with Crippen molar-refractivity contribution in [3.8, 4) is 11.5 Å². The van der Waals surface area contributed by atoms with Crippen molar-refractivity contribution >= 4 is 5.96 Å². The van der Waals surface area contributed by atoms with Gasteiger partial charge in [0.1, 0.15) is 0 Å². The number of nitrogens with two attached hydrogens (primary N) is 1. The number of piperidine rings is 1. The van der Waals surface area contributed by atoms with Crippen molar-refractivity contribution in [2.24, 2.45) is 10.7 Å². The summed E-state index contributed by atoms with van der Waals surface area (Å²) in [5.74, 6) is 1.16. The first kappa shape index (κ1) is 13.5. The average Bonchev–Trinajstić information content (AvgIpc) is 2.47. The highest BCUT2D eigenvalue weighted by Gasteiger charge is 2.12. The van der Waals surface area contributed by atoms with E-state index in [2.05, 4.69) is 9.89 Å². The highest BCUT2D eigenvalue weighted by Crippen LogP contribution is 2.29. The number of nitrogens with zero attached hydrogens (tertiary/aromatic N) is 2. The normalized spacial score (nSPS) is 16.5. The summed E-state index contributed by atoms with van der Waals surface area (Å²) in [6.45, 7) is 2.31. The van der Waals surface area contributed by atoms with E-state index in [4.69, 9.17) is 10.5 Å². The summed E-state index contributed by atoms with van der Waals surface area (Å²) in [6.07, 6.45) is 3.60. The molecule has 0 aromatic heterocycles. The molecule has 1 saturated heterocycles. The number of aromatic hydroxyl groups is 1. The molecule has 104 valence electrons. The van der Waals surface area contributed by atoms with E-state index in [-0.39, 0.29) is 5.75 Å². The number of para-hydroxylation sites is 1. The highest BCUT2D eigenvalue weighted by atomic mass is 16.5. The molecular weight excluding hydrogens is 242 g/mol. The van der Waals surface area contributed by atoms with Crippen LogP contribution in [0.25, 0.3) is 0 Å². The molecule has 1 aromatic rings. The number of benzene rings is 1. The molecule has 19 heavy (non-hydrogen) atoms. The van der Waals surface area contributed by atoms with Crippen LogP contribution in [0.1, 0.15) is 24.8 Å². The van der Waals surface area contributed by atoms with Crippen LogP contribution in [0, 0.1) is 0 Å². The molecule has 0 unspecified atom stereocenters. The van der Waals surface area contributed by atoms with Crippen LogP contribution in [0.2, 0.25) is 0 Å². The monoisotopic (exact) mass is 263 g/mol. The Bertz CT molecular complexity index is 454. The number of hydrogen-bond donors (Lipinski definition) is 2. The Morgan fingerprint density at radius 3 is 2.79 bits per heavy atom. The molecule has 1 fully saturated rings. The van der Waals surface area contributed by atoms with E-state index in [1.807, 2.05) is 12.1 Å². The molecule has 1 heterocycles. The second-order valence-electron chi connectivity index (χ2n) is 4.69. The molecule has 5 heteroatoms. The smallest absolute Gasteiger partial charge is 0.191 e. The van der Waals surface area contributed by atoms with E-state index < -0.39 is 0 Å². The molecule has 3 N–H and O–H groups in total. The summed E-state index contributed by atoms with van der Waals surface area (Å²) in [6, 6.07) is 5.38. The van der Waals surface area contributed by atoms with Crippen molar-refractivity contribution in [1.29, 1.82) is 0 Å². The zero-order valence-electron chi connectivity index (χ0n) is 11.3. The van der Waals surface area contributed by atoms with E-state index in [9.17, 15) is 5.11 Å². The number of hydrogen-bond acceptors (Lipinski definition) is 3. The van der Waals surface area contributed by atoms with Gasteiger partial charge in [-0.15, -0.1) is 0 Å². The van der Waals surface area contributed by atoms with Gasteiger partial charge in [-0.2, -0.15) is 0 Å². The summed E-state index contributed by atoms with van der Waals surface area (Å²) in [5.41, 5.74) is 6.70. The zero-order chi connectivity index (χ0) is 13.7. The van der Waals surface area contributed by atoms with Crippen molar-refractivity contribution in [2.45, 2.75) is 25.8 Å². The predicted molar refractivity (Wildman–Crippen MR) is 75.4 cm³/mol. The number of aliphatic imine (C=N–C) groups is 1. The van der Waals surface area contributed by atoms with Crippen molar-refractivity contribution in [3.63, 3.8) is 0 Å². The number of likely N-dealkylation sites (tertiary alicyclic amines) is 1. The molecule has 1 aromatic carbocycles. The molecule has 1 aliphatic heterocycles. The van der Waals surface area contributed by atoms with Crippen LogP contribution in [-0.4, -0.2) is 36.2 Å². The Hall–Kier alpha value is -1.91. The molecule has 0 amide bonds. The van der Waals surface area contributed by atoms with Crippen LogP contribution in [-0.2, 0) is 6.54 Å². The lowest BCUT2D eigenvalue weighted by atomic mass is 10.1. The fourth-order valence-corrected chi connectivity index (χ4v) is 2.25. The van der Waals surface area contributed by atoms with Gasteiger partial charge in [-0.1, -0.05) is 12.1 Å². The minimum Gasteiger partial charge on any atom is -0.504 e. The molecule has 1 aliphatic rings. The van der Waals surface area contributed by atoms with Gasteiger partial charge in [0.05, 0.1) is 13.7 Å². The minimum absolute atomic E-state index is 0.139. The summed E-state index contributed by atoms with van der Waals surface area (Å²) in [5, 5.41) is 9.96. The SMILES string of the molecule is COc1cccc(CN=C(N)N2CCCCC2)c1O. The first-order valence-corrected chi connectivity index (χ1v) is 6.62.